The van der Waals surface area contributed by atoms with Crippen LogP contribution in [0.25, 0.3) is 0 Å². The van der Waals surface area contributed by atoms with E-state index < -0.39 is 22.5 Å². The molecular weight excluding hydrogens is 486 g/mol. The molecule has 0 aliphatic carbocycles. The SMILES string of the molecule is O=C(CN(c1cccc(Cl)c1)S(=O)(=O)c1ccccc1)NCc1cccc(CN2CCCC2=O)c1. The van der Waals surface area contributed by atoms with Crippen molar-refractivity contribution in [2.45, 2.75) is 30.8 Å². The maximum Gasteiger partial charge on any atom is 0.264 e. The molecule has 1 fully saturated rings. The number of hydrogen-bond donors (Lipinski definition) is 1. The van der Waals surface area contributed by atoms with E-state index in [0.717, 1.165) is 28.4 Å². The van der Waals surface area contributed by atoms with E-state index in [4.69, 9.17) is 11.6 Å². The van der Waals surface area contributed by atoms with Gasteiger partial charge < -0.3 is 10.2 Å². The van der Waals surface area contributed by atoms with Crippen LogP contribution in [0.15, 0.2) is 83.8 Å². The van der Waals surface area contributed by atoms with Crippen molar-refractivity contribution < 1.29 is 18.0 Å². The molecule has 1 aliphatic rings. The van der Waals surface area contributed by atoms with Crippen LogP contribution in [0, 0.1) is 0 Å². The number of halogens is 1. The van der Waals surface area contributed by atoms with Gasteiger partial charge in [0.25, 0.3) is 10.0 Å². The highest BCUT2D eigenvalue weighted by Crippen LogP contribution is 2.26. The van der Waals surface area contributed by atoms with Crippen molar-refractivity contribution in [2.24, 2.45) is 0 Å². The van der Waals surface area contributed by atoms with E-state index in [2.05, 4.69) is 5.32 Å². The van der Waals surface area contributed by atoms with Crippen molar-refractivity contribution in [3.8, 4) is 0 Å². The van der Waals surface area contributed by atoms with Crippen LogP contribution in [0.1, 0.15) is 24.0 Å². The third kappa shape index (κ3) is 6.21. The summed E-state index contributed by atoms with van der Waals surface area (Å²) in [6, 6.07) is 22.0. The lowest BCUT2D eigenvalue weighted by atomic mass is 10.1. The fraction of sp³-hybridized carbons (Fsp3) is 0.231. The highest BCUT2D eigenvalue weighted by atomic mass is 35.5. The van der Waals surface area contributed by atoms with Gasteiger partial charge >= 0.3 is 0 Å². The van der Waals surface area contributed by atoms with Crippen molar-refractivity contribution in [1.29, 1.82) is 0 Å². The first-order chi connectivity index (χ1) is 16.8. The highest BCUT2D eigenvalue weighted by Gasteiger charge is 2.27. The van der Waals surface area contributed by atoms with Crippen LogP contribution in [0.5, 0.6) is 0 Å². The van der Waals surface area contributed by atoms with Crippen molar-refractivity contribution >= 4 is 39.1 Å². The normalized spacial score (nSPS) is 13.6. The smallest absolute Gasteiger partial charge is 0.264 e. The first-order valence-corrected chi connectivity index (χ1v) is 13.1. The van der Waals surface area contributed by atoms with E-state index in [1.807, 2.05) is 29.2 Å². The molecule has 0 bridgehead atoms. The van der Waals surface area contributed by atoms with Gasteiger partial charge in [0.05, 0.1) is 10.6 Å². The first kappa shape index (κ1) is 24.8. The van der Waals surface area contributed by atoms with Gasteiger partial charge in [-0.1, -0.05) is 60.1 Å². The van der Waals surface area contributed by atoms with Crippen molar-refractivity contribution in [2.75, 3.05) is 17.4 Å². The van der Waals surface area contributed by atoms with Crippen LogP contribution in [0.4, 0.5) is 5.69 Å². The molecule has 0 saturated carbocycles. The number of likely N-dealkylation sites (tertiary alicyclic amines) is 1. The summed E-state index contributed by atoms with van der Waals surface area (Å²) in [5, 5.41) is 3.17. The Kier molecular flexibility index (Phi) is 7.73. The first-order valence-electron chi connectivity index (χ1n) is 11.3. The second kappa shape index (κ2) is 10.9. The molecule has 1 aliphatic heterocycles. The van der Waals surface area contributed by atoms with Crippen LogP contribution in [0.2, 0.25) is 5.02 Å². The van der Waals surface area contributed by atoms with Gasteiger partial charge in [-0.2, -0.15) is 0 Å². The average molecular weight is 512 g/mol. The Bertz CT molecular complexity index is 1310. The minimum absolute atomic E-state index is 0.0805. The summed E-state index contributed by atoms with van der Waals surface area (Å²) >= 11 is 6.10. The number of carbonyl (C=O) groups excluding carboxylic acids is 2. The molecule has 4 rings (SSSR count). The summed E-state index contributed by atoms with van der Waals surface area (Å²) in [6.45, 7) is 1.13. The monoisotopic (exact) mass is 511 g/mol. The lowest BCUT2D eigenvalue weighted by Gasteiger charge is -2.24. The molecule has 0 aromatic heterocycles. The Hall–Kier alpha value is -3.36. The van der Waals surface area contributed by atoms with E-state index >= 15 is 0 Å². The summed E-state index contributed by atoms with van der Waals surface area (Å²) in [5.74, 6) is -0.297. The van der Waals surface area contributed by atoms with Gasteiger partial charge in [0.2, 0.25) is 11.8 Å². The van der Waals surface area contributed by atoms with Gasteiger partial charge in [0.1, 0.15) is 6.54 Å². The molecule has 0 unspecified atom stereocenters. The number of sulfonamides is 1. The molecule has 1 heterocycles. The average Bonchev–Trinajstić information content (AvgIpc) is 3.26. The second-order valence-electron chi connectivity index (χ2n) is 8.32. The Labute approximate surface area is 210 Å². The zero-order valence-electron chi connectivity index (χ0n) is 19.1. The van der Waals surface area contributed by atoms with Crippen molar-refractivity contribution in [1.82, 2.24) is 10.2 Å². The van der Waals surface area contributed by atoms with Gasteiger partial charge in [0.15, 0.2) is 0 Å². The van der Waals surface area contributed by atoms with Crippen LogP contribution in [0.3, 0.4) is 0 Å². The molecule has 0 atom stereocenters. The van der Waals surface area contributed by atoms with Gasteiger partial charge in [-0.15, -0.1) is 0 Å². The van der Waals surface area contributed by atoms with Crippen LogP contribution in [-0.2, 0) is 32.7 Å². The number of hydrogen-bond acceptors (Lipinski definition) is 4. The number of nitrogens with one attached hydrogen (secondary N) is 1. The molecule has 9 heteroatoms. The van der Waals surface area contributed by atoms with Gasteiger partial charge in [0, 0.05) is 31.1 Å². The third-order valence-electron chi connectivity index (χ3n) is 5.74. The summed E-state index contributed by atoms with van der Waals surface area (Å²) in [7, 11) is -4.00. The maximum atomic E-state index is 13.4. The van der Waals surface area contributed by atoms with Gasteiger partial charge in [-0.25, -0.2) is 8.42 Å². The molecule has 0 spiro atoms. The summed E-state index contributed by atoms with van der Waals surface area (Å²) in [6.07, 6.45) is 1.47. The summed E-state index contributed by atoms with van der Waals surface area (Å²) < 4.78 is 27.8. The van der Waals surface area contributed by atoms with E-state index in [-0.39, 0.29) is 17.3 Å². The molecule has 35 heavy (non-hydrogen) atoms. The number of carbonyl (C=O) groups is 2. The largest absolute Gasteiger partial charge is 0.350 e. The quantitative estimate of drug-likeness (QED) is 0.471. The molecule has 0 radical (unpaired) electrons. The highest BCUT2D eigenvalue weighted by molar-refractivity contribution is 7.92. The Balaban J connectivity index is 1.47. The van der Waals surface area contributed by atoms with Crippen LogP contribution in [-0.4, -0.2) is 38.2 Å². The summed E-state index contributed by atoms with van der Waals surface area (Å²) in [4.78, 5) is 26.7. The van der Waals surface area contributed by atoms with Crippen molar-refractivity contribution in [3.05, 3.63) is 95.0 Å². The molecule has 3 aromatic rings. The second-order valence-corrected chi connectivity index (χ2v) is 10.6. The molecular formula is C26H26ClN3O4S. The third-order valence-corrected chi connectivity index (χ3v) is 7.76. The number of benzene rings is 3. The number of anilines is 1. The molecule has 182 valence electrons. The molecule has 3 aromatic carbocycles. The predicted molar refractivity (Wildman–Crippen MR) is 135 cm³/mol. The minimum atomic E-state index is -4.00. The fourth-order valence-corrected chi connectivity index (χ4v) is 5.60. The van der Waals surface area contributed by atoms with E-state index in [0.29, 0.717) is 23.7 Å². The van der Waals surface area contributed by atoms with E-state index in [9.17, 15) is 18.0 Å². The standard InChI is InChI=1S/C26H26ClN3O4S/c27-22-9-5-10-23(16-22)30(35(33,34)24-11-2-1-3-12-24)19-25(31)28-17-20-7-4-8-21(15-20)18-29-14-6-13-26(29)32/h1-5,7-12,15-16H,6,13-14,17-19H2,(H,28,31). The zero-order chi connectivity index (χ0) is 24.8. The fourth-order valence-electron chi connectivity index (χ4n) is 3.98. The molecule has 1 saturated heterocycles. The van der Waals surface area contributed by atoms with E-state index in [1.165, 1.54) is 18.2 Å². The van der Waals surface area contributed by atoms with Gasteiger partial charge in [-0.05, 0) is 47.9 Å². The van der Waals surface area contributed by atoms with E-state index in [1.54, 1.807) is 36.4 Å². The predicted octanol–water partition coefficient (Wildman–Crippen LogP) is 3.97. The molecule has 7 nitrogen and oxygen atoms in total. The topological polar surface area (TPSA) is 86.8 Å². The number of nitrogens with zero attached hydrogens (tertiary/aromatic N) is 2. The minimum Gasteiger partial charge on any atom is -0.350 e. The molecule has 1 N–H and O–H groups in total. The maximum absolute atomic E-state index is 13.4. The Morgan fingerprint density at radius 3 is 2.43 bits per heavy atom. The van der Waals surface area contributed by atoms with Crippen LogP contribution < -0.4 is 9.62 Å². The zero-order valence-corrected chi connectivity index (χ0v) is 20.6. The van der Waals surface area contributed by atoms with Gasteiger partial charge in [-0.3, -0.25) is 13.9 Å². The number of amides is 2. The van der Waals surface area contributed by atoms with Crippen molar-refractivity contribution in [3.63, 3.8) is 0 Å². The van der Waals surface area contributed by atoms with Crippen LogP contribution >= 0.6 is 11.6 Å². The molecule has 2 amide bonds. The Morgan fingerprint density at radius 2 is 1.71 bits per heavy atom. The number of rotatable bonds is 9. The lowest BCUT2D eigenvalue weighted by Crippen LogP contribution is -2.40. The summed E-state index contributed by atoms with van der Waals surface area (Å²) in [5.41, 5.74) is 2.15. The Morgan fingerprint density at radius 1 is 0.971 bits per heavy atom. The lowest BCUT2D eigenvalue weighted by molar-refractivity contribution is -0.128.